The zero-order chi connectivity index (χ0) is 26.2. The highest BCUT2D eigenvalue weighted by Gasteiger charge is 2.34. The Hall–Kier alpha value is -3.32. The van der Waals surface area contributed by atoms with Crippen molar-refractivity contribution in [2.24, 2.45) is 11.7 Å². The Kier molecular flexibility index (Phi) is 6.99. The highest BCUT2D eigenvalue weighted by atomic mass is 19.4. The van der Waals surface area contributed by atoms with E-state index in [0.717, 1.165) is 17.6 Å². The van der Waals surface area contributed by atoms with Gasteiger partial charge in [0.15, 0.2) is 0 Å². The molecule has 2 N–H and O–H groups in total. The minimum Gasteiger partial charge on any atom is -0.377 e. The minimum absolute atomic E-state index is 0.0463. The van der Waals surface area contributed by atoms with Gasteiger partial charge in [-0.25, -0.2) is 14.4 Å². The van der Waals surface area contributed by atoms with Gasteiger partial charge in [-0.3, -0.25) is 14.7 Å². The number of amides is 1. The van der Waals surface area contributed by atoms with Crippen molar-refractivity contribution in [3.8, 4) is 0 Å². The van der Waals surface area contributed by atoms with Crippen molar-refractivity contribution >= 4 is 22.8 Å². The van der Waals surface area contributed by atoms with Gasteiger partial charge in [0, 0.05) is 37.9 Å². The number of carbonyl (C=O) groups is 1. The molecular formula is C24H27F4N7O2. The zero-order valence-electron chi connectivity index (χ0n) is 19.9. The van der Waals surface area contributed by atoms with Crippen LogP contribution in [0.15, 0.2) is 36.9 Å². The van der Waals surface area contributed by atoms with Crippen LogP contribution in [-0.2, 0) is 22.3 Å². The molecule has 2 aliphatic heterocycles. The van der Waals surface area contributed by atoms with Crippen LogP contribution in [0.4, 0.5) is 23.4 Å². The number of pyridine rings is 1. The van der Waals surface area contributed by atoms with E-state index in [1.807, 2.05) is 21.7 Å². The van der Waals surface area contributed by atoms with Crippen LogP contribution in [0.1, 0.15) is 23.7 Å². The minimum atomic E-state index is -4.47. The summed E-state index contributed by atoms with van der Waals surface area (Å²) in [6.45, 7) is 2.35. The first-order valence-corrected chi connectivity index (χ1v) is 12.0. The molecule has 2 fully saturated rings. The summed E-state index contributed by atoms with van der Waals surface area (Å²) in [6, 6.07) is 3.82. The number of rotatable bonds is 6. The third-order valence-corrected chi connectivity index (χ3v) is 6.96. The average molecular weight is 522 g/mol. The predicted molar refractivity (Wildman–Crippen MR) is 126 cm³/mol. The summed E-state index contributed by atoms with van der Waals surface area (Å²) in [4.78, 5) is 27.9. The van der Waals surface area contributed by atoms with E-state index in [-0.39, 0.29) is 25.6 Å². The van der Waals surface area contributed by atoms with Gasteiger partial charge in [-0.15, -0.1) is 0 Å². The van der Waals surface area contributed by atoms with Gasteiger partial charge in [-0.1, -0.05) is 0 Å². The summed E-state index contributed by atoms with van der Waals surface area (Å²) in [5, 5.41) is 0.753. The Morgan fingerprint density at radius 2 is 2.00 bits per heavy atom. The van der Waals surface area contributed by atoms with Gasteiger partial charge in [0.1, 0.15) is 24.0 Å². The molecule has 3 aromatic rings. The SMILES string of the molecule is NC(=O)CN1CC[C@H](Cn2ccc3c(N4CCOCC4c4ccc(C(F)(F)F)cn4)ncnc32)[C@@H](F)C1. The summed E-state index contributed by atoms with van der Waals surface area (Å²) in [5.41, 5.74) is 5.51. The Morgan fingerprint density at radius 1 is 1.16 bits per heavy atom. The Morgan fingerprint density at radius 3 is 2.70 bits per heavy atom. The number of morpholine rings is 1. The molecule has 0 radical (unpaired) electrons. The topological polar surface area (TPSA) is 102 Å². The fourth-order valence-electron chi connectivity index (χ4n) is 5.08. The van der Waals surface area contributed by atoms with Gasteiger partial charge in [0.2, 0.25) is 5.91 Å². The van der Waals surface area contributed by atoms with E-state index >= 15 is 0 Å². The number of primary amides is 1. The fourth-order valence-corrected chi connectivity index (χ4v) is 5.08. The second-order valence-electron chi connectivity index (χ2n) is 9.42. The van der Waals surface area contributed by atoms with Crippen molar-refractivity contribution in [2.45, 2.75) is 31.4 Å². The first-order chi connectivity index (χ1) is 17.7. The quantitative estimate of drug-likeness (QED) is 0.498. The zero-order valence-corrected chi connectivity index (χ0v) is 19.9. The van der Waals surface area contributed by atoms with Gasteiger partial charge in [-0.2, -0.15) is 13.2 Å². The largest absolute Gasteiger partial charge is 0.417 e. The van der Waals surface area contributed by atoms with Crippen LogP contribution >= 0.6 is 0 Å². The van der Waals surface area contributed by atoms with Crippen LogP contribution in [-0.4, -0.2) is 75.9 Å². The van der Waals surface area contributed by atoms with E-state index < -0.39 is 29.9 Å². The summed E-state index contributed by atoms with van der Waals surface area (Å²) < 4.78 is 61.4. The van der Waals surface area contributed by atoms with Crippen molar-refractivity contribution in [1.29, 1.82) is 0 Å². The molecule has 2 aliphatic rings. The number of hydrogen-bond donors (Lipinski definition) is 1. The summed E-state index contributed by atoms with van der Waals surface area (Å²) >= 11 is 0. The highest BCUT2D eigenvalue weighted by molar-refractivity contribution is 5.88. The molecule has 0 saturated carbocycles. The molecule has 5 heterocycles. The Labute approximate surface area is 210 Å². The maximum atomic E-state index is 14.9. The first-order valence-electron chi connectivity index (χ1n) is 12.0. The number of alkyl halides is 4. The standard InChI is InChI=1S/C24H27F4N7O2/c25-18-11-33(12-21(29)36)5-3-15(18)10-34-6-4-17-22(34)31-14-32-23(17)35-7-8-37-13-20(35)19-2-1-16(9-30-19)24(26,27)28/h1-2,4,6,9,14-15,18,20H,3,5,7-8,10-13H2,(H2,29,36)/t15-,18+,20?/m1/s1. The number of ether oxygens (including phenoxy) is 1. The van der Waals surface area contributed by atoms with E-state index in [0.29, 0.717) is 49.8 Å². The van der Waals surface area contributed by atoms with Crippen LogP contribution in [0.5, 0.6) is 0 Å². The lowest BCUT2D eigenvalue weighted by Crippen LogP contribution is -2.46. The van der Waals surface area contributed by atoms with Crippen molar-refractivity contribution in [3.05, 3.63) is 48.2 Å². The number of nitrogens with zero attached hydrogens (tertiary/aromatic N) is 6. The summed E-state index contributed by atoms with van der Waals surface area (Å²) in [5.74, 6) is -0.100. The lowest BCUT2D eigenvalue weighted by atomic mass is 9.94. The molecule has 0 spiro atoms. The lowest BCUT2D eigenvalue weighted by Gasteiger charge is -2.36. The molecule has 0 aliphatic carbocycles. The van der Waals surface area contributed by atoms with Crippen molar-refractivity contribution < 1.29 is 27.1 Å². The molecule has 0 aromatic carbocycles. The maximum Gasteiger partial charge on any atom is 0.417 e. The molecule has 5 rings (SSSR count). The molecule has 3 aromatic heterocycles. The van der Waals surface area contributed by atoms with Crippen molar-refractivity contribution in [3.63, 3.8) is 0 Å². The van der Waals surface area contributed by atoms with E-state index in [2.05, 4.69) is 15.0 Å². The first kappa shape index (κ1) is 25.3. The Balaban J connectivity index is 1.37. The molecule has 1 unspecified atom stereocenters. The second-order valence-corrected chi connectivity index (χ2v) is 9.42. The lowest BCUT2D eigenvalue weighted by molar-refractivity contribution is -0.137. The van der Waals surface area contributed by atoms with Crippen LogP contribution in [0.25, 0.3) is 11.0 Å². The number of fused-ring (bicyclic) bond motifs is 1. The van der Waals surface area contributed by atoms with Crippen LogP contribution in [0, 0.1) is 5.92 Å². The Bertz CT molecular complexity index is 1250. The molecular weight excluding hydrogens is 494 g/mol. The van der Waals surface area contributed by atoms with Gasteiger partial charge in [0.05, 0.1) is 42.4 Å². The normalized spacial score (nSPS) is 23.5. The summed E-state index contributed by atoms with van der Waals surface area (Å²) in [6.07, 6.45) is -0.887. The van der Waals surface area contributed by atoms with Crippen molar-refractivity contribution in [2.75, 3.05) is 44.3 Å². The molecule has 198 valence electrons. The molecule has 37 heavy (non-hydrogen) atoms. The number of anilines is 1. The molecule has 1 amide bonds. The smallest absolute Gasteiger partial charge is 0.377 e. The van der Waals surface area contributed by atoms with Crippen molar-refractivity contribution in [1.82, 2.24) is 24.4 Å². The second kappa shape index (κ2) is 10.2. The number of piperidine rings is 1. The van der Waals surface area contributed by atoms with E-state index in [4.69, 9.17) is 10.5 Å². The van der Waals surface area contributed by atoms with Gasteiger partial charge >= 0.3 is 6.18 Å². The third kappa shape index (κ3) is 5.37. The maximum absolute atomic E-state index is 14.9. The summed E-state index contributed by atoms with van der Waals surface area (Å²) in [7, 11) is 0. The third-order valence-electron chi connectivity index (χ3n) is 6.96. The molecule has 2 saturated heterocycles. The average Bonchev–Trinajstić information content (AvgIpc) is 3.28. The number of nitrogens with two attached hydrogens (primary N) is 1. The molecule has 0 bridgehead atoms. The van der Waals surface area contributed by atoms with Gasteiger partial charge < -0.3 is 19.9 Å². The van der Waals surface area contributed by atoms with E-state index in [9.17, 15) is 22.4 Å². The monoisotopic (exact) mass is 521 g/mol. The van der Waals surface area contributed by atoms with E-state index in [1.54, 1.807) is 4.90 Å². The number of likely N-dealkylation sites (tertiary alicyclic amines) is 1. The molecule has 9 nitrogen and oxygen atoms in total. The number of aromatic nitrogens is 4. The molecule has 13 heteroatoms. The molecule has 3 atom stereocenters. The van der Waals surface area contributed by atoms with Crippen LogP contribution in [0.3, 0.4) is 0 Å². The van der Waals surface area contributed by atoms with Crippen LogP contribution in [0.2, 0.25) is 0 Å². The highest BCUT2D eigenvalue weighted by Crippen LogP contribution is 2.34. The van der Waals surface area contributed by atoms with E-state index in [1.165, 1.54) is 12.4 Å². The van der Waals surface area contributed by atoms with Crippen LogP contribution < -0.4 is 10.6 Å². The number of hydrogen-bond acceptors (Lipinski definition) is 7. The predicted octanol–water partition coefficient (Wildman–Crippen LogP) is 2.57. The van der Waals surface area contributed by atoms with Gasteiger partial charge in [0.25, 0.3) is 0 Å². The van der Waals surface area contributed by atoms with Gasteiger partial charge in [-0.05, 0) is 31.2 Å². The number of halogens is 4. The fraction of sp³-hybridized carbons (Fsp3) is 0.500. The number of carbonyl (C=O) groups excluding carboxylic acids is 1.